The van der Waals surface area contributed by atoms with Gasteiger partial charge in [0.1, 0.15) is 6.23 Å². The van der Waals surface area contributed by atoms with Gasteiger partial charge < -0.3 is 19.8 Å². The lowest BCUT2D eigenvalue weighted by Crippen LogP contribution is -2.44. The van der Waals surface area contributed by atoms with Gasteiger partial charge in [0.2, 0.25) is 5.91 Å². The van der Waals surface area contributed by atoms with Gasteiger partial charge in [-0.1, -0.05) is 136 Å². The average Bonchev–Trinajstić information content (AvgIpc) is 2.88. The van der Waals surface area contributed by atoms with Crippen molar-refractivity contribution in [3.05, 3.63) is 0 Å². The van der Waals surface area contributed by atoms with Crippen LogP contribution < -0.4 is 0 Å². The molecule has 0 rings (SSSR count). The molecule has 216 valence electrons. The lowest BCUT2D eigenvalue weighted by atomic mass is 10.0. The molecule has 0 saturated carbocycles. The van der Waals surface area contributed by atoms with E-state index in [9.17, 15) is 15.0 Å². The standard InChI is InChI=1S/C31H63NO4/c1-3-5-7-9-11-12-13-14-15-16-17-19-21-23-29-36-31(25-27-33)32(26-28-34)30(35)24-22-20-18-10-8-6-4-2/h31,33-34H,3-29H2,1-2H3. The van der Waals surface area contributed by atoms with Crippen molar-refractivity contribution >= 4 is 5.91 Å². The van der Waals surface area contributed by atoms with E-state index < -0.39 is 6.23 Å². The second kappa shape index (κ2) is 28.9. The van der Waals surface area contributed by atoms with E-state index in [2.05, 4.69) is 13.8 Å². The fraction of sp³-hybridized carbons (Fsp3) is 0.968. The summed E-state index contributed by atoms with van der Waals surface area (Å²) in [6.45, 7) is 5.28. The zero-order chi connectivity index (χ0) is 26.5. The van der Waals surface area contributed by atoms with E-state index in [0.29, 0.717) is 19.4 Å². The van der Waals surface area contributed by atoms with Crippen molar-refractivity contribution in [3.63, 3.8) is 0 Å². The fourth-order valence-corrected chi connectivity index (χ4v) is 4.87. The normalized spacial score (nSPS) is 12.2. The molecular weight excluding hydrogens is 450 g/mol. The highest BCUT2D eigenvalue weighted by Crippen LogP contribution is 2.15. The van der Waals surface area contributed by atoms with Gasteiger partial charge in [0, 0.05) is 32.6 Å². The first-order valence-corrected chi connectivity index (χ1v) is 15.8. The smallest absolute Gasteiger partial charge is 0.224 e. The maximum absolute atomic E-state index is 12.8. The quantitative estimate of drug-likeness (QED) is 0.0782. The Morgan fingerprint density at radius 2 is 1.03 bits per heavy atom. The Hall–Kier alpha value is -0.650. The van der Waals surface area contributed by atoms with Crippen LogP contribution in [0.1, 0.15) is 162 Å². The van der Waals surface area contributed by atoms with Crippen molar-refractivity contribution in [2.45, 2.75) is 168 Å². The Balaban J connectivity index is 3.93. The van der Waals surface area contributed by atoms with Crippen molar-refractivity contribution in [2.24, 2.45) is 0 Å². The van der Waals surface area contributed by atoms with Gasteiger partial charge in [-0.15, -0.1) is 0 Å². The lowest BCUT2D eigenvalue weighted by Gasteiger charge is -2.31. The lowest BCUT2D eigenvalue weighted by molar-refractivity contribution is -0.149. The van der Waals surface area contributed by atoms with E-state index in [-0.39, 0.29) is 25.7 Å². The molecule has 0 saturated heterocycles. The van der Waals surface area contributed by atoms with Crippen LogP contribution in [0, 0.1) is 0 Å². The fourth-order valence-electron chi connectivity index (χ4n) is 4.87. The molecule has 0 spiro atoms. The first kappa shape index (κ1) is 35.4. The number of carbonyl (C=O) groups is 1. The minimum atomic E-state index is -0.429. The average molecular weight is 514 g/mol. The van der Waals surface area contributed by atoms with Gasteiger partial charge in [0.15, 0.2) is 0 Å². The third-order valence-electron chi connectivity index (χ3n) is 7.19. The number of carbonyl (C=O) groups excluding carboxylic acids is 1. The van der Waals surface area contributed by atoms with Gasteiger partial charge in [0.05, 0.1) is 6.61 Å². The molecule has 0 aromatic carbocycles. The van der Waals surface area contributed by atoms with Crippen LogP contribution in [0.4, 0.5) is 0 Å². The van der Waals surface area contributed by atoms with E-state index >= 15 is 0 Å². The number of unbranched alkanes of at least 4 members (excludes halogenated alkanes) is 19. The first-order valence-electron chi connectivity index (χ1n) is 15.8. The highest BCUT2D eigenvalue weighted by Gasteiger charge is 2.23. The Morgan fingerprint density at radius 3 is 1.44 bits per heavy atom. The van der Waals surface area contributed by atoms with Crippen LogP contribution in [0.2, 0.25) is 0 Å². The largest absolute Gasteiger partial charge is 0.396 e. The number of nitrogens with zero attached hydrogens (tertiary/aromatic N) is 1. The molecule has 0 fully saturated rings. The molecule has 0 radical (unpaired) electrons. The Kier molecular flexibility index (Phi) is 28.4. The number of amides is 1. The van der Waals surface area contributed by atoms with E-state index in [0.717, 1.165) is 25.7 Å². The Bertz CT molecular complexity index is 446. The topological polar surface area (TPSA) is 70.0 Å². The van der Waals surface area contributed by atoms with Crippen LogP contribution in [-0.2, 0) is 9.53 Å². The Morgan fingerprint density at radius 1 is 0.611 bits per heavy atom. The maximum atomic E-state index is 12.8. The second-order valence-corrected chi connectivity index (χ2v) is 10.6. The molecule has 0 bridgehead atoms. The van der Waals surface area contributed by atoms with Gasteiger partial charge in [-0.05, 0) is 12.8 Å². The van der Waals surface area contributed by atoms with Crippen LogP contribution >= 0.6 is 0 Å². The number of ether oxygens (including phenoxy) is 1. The predicted octanol–water partition coefficient (Wildman–Crippen LogP) is 8.15. The maximum Gasteiger partial charge on any atom is 0.224 e. The van der Waals surface area contributed by atoms with Crippen LogP contribution in [0.5, 0.6) is 0 Å². The van der Waals surface area contributed by atoms with Crippen molar-refractivity contribution in [2.75, 3.05) is 26.4 Å². The van der Waals surface area contributed by atoms with Gasteiger partial charge in [-0.3, -0.25) is 4.79 Å². The van der Waals surface area contributed by atoms with Gasteiger partial charge >= 0.3 is 0 Å². The molecule has 0 aromatic rings. The van der Waals surface area contributed by atoms with Crippen molar-refractivity contribution in [1.82, 2.24) is 4.90 Å². The molecule has 0 heterocycles. The molecule has 36 heavy (non-hydrogen) atoms. The summed E-state index contributed by atoms with van der Waals surface area (Å²) in [5.74, 6) is 0.0389. The number of aliphatic hydroxyl groups excluding tert-OH is 2. The van der Waals surface area contributed by atoms with E-state index in [1.807, 2.05) is 0 Å². The highest BCUT2D eigenvalue weighted by atomic mass is 16.5. The molecule has 0 aromatic heterocycles. The summed E-state index contributed by atoms with van der Waals surface area (Å²) in [5, 5.41) is 19.0. The molecule has 2 N–H and O–H groups in total. The molecule has 0 aliphatic rings. The second-order valence-electron chi connectivity index (χ2n) is 10.6. The molecule has 0 aliphatic carbocycles. The number of rotatable bonds is 29. The first-order chi connectivity index (χ1) is 17.7. The van der Waals surface area contributed by atoms with E-state index in [1.54, 1.807) is 4.90 Å². The predicted molar refractivity (Wildman–Crippen MR) is 153 cm³/mol. The summed E-state index contributed by atoms with van der Waals surface area (Å²) in [5.41, 5.74) is 0. The van der Waals surface area contributed by atoms with Crippen molar-refractivity contribution in [1.29, 1.82) is 0 Å². The summed E-state index contributed by atoms with van der Waals surface area (Å²) in [6, 6.07) is 0. The van der Waals surface area contributed by atoms with Crippen LogP contribution in [0.15, 0.2) is 0 Å². The molecule has 5 nitrogen and oxygen atoms in total. The van der Waals surface area contributed by atoms with Crippen LogP contribution in [0.25, 0.3) is 0 Å². The van der Waals surface area contributed by atoms with E-state index in [1.165, 1.54) is 109 Å². The summed E-state index contributed by atoms with van der Waals surface area (Å²) in [7, 11) is 0. The van der Waals surface area contributed by atoms with Gasteiger partial charge in [-0.2, -0.15) is 0 Å². The monoisotopic (exact) mass is 513 g/mol. The Labute approximate surface area is 224 Å². The van der Waals surface area contributed by atoms with Crippen LogP contribution in [-0.4, -0.2) is 53.6 Å². The highest BCUT2D eigenvalue weighted by molar-refractivity contribution is 5.76. The third kappa shape index (κ3) is 22.5. The molecule has 1 atom stereocenters. The van der Waals surface area contributed by atoms with Gasteiger partial charge in [0.25, 0.3) is 0 Å². The number of hydrogen-bond acceptors (Lipinski definition) is 4. The summed E-state index contributed by atoms with van der Waals surface area (Å²) in [6.07, 6.45) is 27.2. The van der Waals surface area contributed by atoms with Crippen molar-refractivity contribution in [3.8, 4) is 0 Å². The molecular formula is C31H63NO4. The minimum absolute atomic E-state index is 0.0178. The minimum Gasteiger partial charge on any atom is -0.396 e. The molecule has 0 aliphatic heterocycles. The number of hydrogen-bond donors (Lipinski definition) is 2. The third-order valence-corrected chi connectivity index (χ3v) is 7.19. The molecule has 5 heteroatoms. The van der Waals surface area contributed by atoms with Gasteiger partial charge in [-0.25, -0.2) is 0 Å². The summed E-state index contributed by atoms with van der Waals surface area (Å²) < 4.78 is 6.03. The van der Waals surface area contributed by atoms with E-state index in [4.69, 9.17) is 4.74 Å². The number of aliphatic hydroxyl groups is 2. The summed E-state index contributed by atoms with van der Waals surface area (Å²) >= 11 is 0. The zero-order valence-corrected chi connectivity index (χ0v) is 24.3. The SMILES string of the molecule is CCCCCCCCCCCCCCCCOC(CCO)N(CCO)C(=O)CCCCCCCCC. The summed E-state index contributed by atoms with van der Waals surface area (Å²) in [4.78, 5) is 14.4. The van der Waals surface area contributed by atoms with Crippen molar-refractivity contribution < 1.29 is 19.7 Å². The molecule has 1 unspecified atom stereocenters. The van der Waals surface area contributed by atoms with Crippen LogP contribution in [0.3, 0.4) is 0 Å². The zero-order valence-electron chi connectivity index (χ0n) is 24.3. The molecule has 1 amide bonds.